The van der Waals surface area contributed by atoms with Crippen LogP contribution in [0.1, 0.15) is 33.3 Å². The highest BCUT2D eigenvalue weighted by Gasteiger charge is 2.15. The molecule has 152 valence electrons. The zero-order valence-electron chi connectivity index (χ0n) is 17.7. The van der Waals surface area contributed by atoms with Crippen molar-refractivity contribution in [2.45, 2.75) is 34.2 Å². The fourth-order valence-electron chi connectivity index (χ4n) is 3.27. The number of carbonyl (C=O) groups excluding carboxylic acids is 1. The Labute approximate surface area is 175 Å². The van der Waals surface area contributed by atoms with Crippen molar-refractivity contribution in [1.29, 1.82) is 0 Å². The van der Waals surface area contributed by atoms with E-state index in [0.29, 0.717) is 21.9 Å². The van der Waals surface area contributed by atoms with Crippen LogP contribution in [0.3, 0.4) is 0 Å². The van der Waals surface area contributed by atoms with E-state index in [-0.39, 0.29) is 5.91 Å². The summed E-state index contributed by atoms with van der Waals surface area (Å²) < 4.78 is 12.6. The first-order valence-corrected chi connectivity index (χ1v) is 10.3. The smallest absolute Gasteiger partial charge is 0.279 e. The van der Waals surface area contributed by atoms with E-state index in [1.807, 2.05) is 0 Å². The fraction of sp³-hybridized carbons (Fsp3) is 0.304. The molecule has 5 nitrogen and oxygen atoms in total. The second kappa shape index (κ2) is 8.66. The summed E-state index contributed by atoms with van der Waals surface area (Å²) in [5.41, 5.74) is 5.22. The third kappa shape index (κ3) is 4.12. The van der Waals surface area contributed by atoms with E-state index in [1.54, 1.807) is 32.4 Å². The molecule has 0 atom stereocenters. The summed E-state index contributed by atoms with van der Waals surface area (Å²) in [6, 6.07) is 11.5. The van der Waals surface area contributed by atoms with E-state index >= 15 is 0 Å². The van der Waals surface area contributed by atoms with Gasteiger partial charge < -0.3 is 14.0 Å². The highest BCUT2D eigenvalue weighted by molar-refractivity contribution is 7.09. The molecule has 3 rings (SSSR count). The number of aromatic nitrogens is 1. The van der Waals surface area contributed by atoms with Gasteiger partial charge in [-0.2, -0.15) is 4.99 Å². The van der Waals surface area contributed by atoms with E-state index in [0.717, 1.165) is 22.7 Å². The van der Waals surface area contributed by atoms with Crippen LogP contribution < -0.4 is 14.3 Å². The molecule has 1 heterocycles. The normalized spacial score (nSPS) is 11.6. The van der Waals surface area contributed by atoms with Crippen LogP contribution in [0.25, 0.3) is 11.3 Å². The Morgan fingerprint density at radius 3 is 2.34 bits per heavy atom. The Morgan fingerprint density at radius 1 is 1.00 bits per heavy atom. The van der Waals surface area contributed by atoms with Gasteiger partial charge in [-0.1, -0.05) is 12.1 Å². The Bertz CT molecular complexity index is 1130. The molecule has 2 aromatic carbocycles. The predicted molar refractivity (Wildman–Crippen MR) is 117 cm³/mol. The van der Waals surface area contributed by atoms with Crippen LogP contribution in [0.2, 0.25) is 0 Å². The number of carbonyl (C=O) groups is 1. The lowest BCUT2D eigenvalue weighted by Crippen LogP contribution is -2.17. The van der Waals surface area contributed by atoms with Gasteiger partial charge in [-0.3, -0.25) is 4.79 Å². The molecule has 1 aromatic heterocycles. The number of hydrogen-bond acceptors (Lipinski definition) is 4. The van der Waals surface area contributed by atoms with Crippen molar-refractivity contribution in [3.8, 4) is 22.8 Å². The molecule has 0 spiro atoms. The molecule has 0 unspecified atom stereocenters. The van der Waals surface area contributed by atoms with Crippen LogP contribution in [0.15, 0.2) is 41.4 Å². The summed E-state index contributed by atoms with van der Waals surface area (Å²) in [6.45, 7) is 9.08. The Morgan fingerprint density at radius 2 is 1.72 bits per heavy atom. The summed E-state index contributed by atoms with van der Waals surface area (Å²) in [7, 11) is 3.11. The summed E-state index contributed by atoms with van der Waals surface area (Å²) in [6.07, 6.45) is 0. The van der Waals surface area contributed by atoms with Crippen LogP contribution >= 0.6 is 11.3 Å². The van der Waals surface area contributed by atoms with Gasteiger partial charge in [0.1, 0.15) is 0 Å². The van der Waals surface area contributed by atoms with Gasteiger partial charge in [0.25, 0.3) is 5.91 Å². The van der Waals surface area contributed by atoms with Crippen molar-refractivity contribution < 1.29 is 14.3 Å². The van der Waals surface area contributed by atoms with Crippen molar-refractivity contribution in [3.05, 3.63) is 62.8 Å². The Balaban J connectivity index is 2.08. The van der Waals surface area contributed by atoms with E-state index < -0.39 is 0 Å². The number of nitrogens with zero attached hydrogens (tertiary/aromatic N) is 2. The molecule has 0 saturated heterocycles. The number of ether oxygens (including phenoxy) is 2. The first kappa shape index (κ1) is 20.9. The number of benzene rings is 2. The number of thiazole rings is 1. The molecule has 0 aliphatic rings. The van der Waals surface area contributed by atoms with Crippen molar-refractivity contribution in [3.63, 3.8) is 0 Å². The lowest BCUT2D eigenvalue weighted by atomic mass is 10.0. The number of aryl methyl sites for hydroxylation is 3. The minimum absolute atomic E-state index is 0.305. The minimum Gasteiger partial charge on any atom is -0.493 e. The molecular weight excluding hydrogens is 384 g/mol. The standard InChI is InChI=1S/C23H26N2O3S/c1-7-25-21(17-9-8-14(2)15(3)12-17)16(4)29-23(25)24-22(26)18-10-11-19(27-5)20(13-18)28-6/h8-13H,7H2,1-6H3. The maximum atomic E-state index is 12.8. The molecule has 0 aliphatic heterocycles. The lowest BCUT2D eigenvalue weighted by molar-refractivity contribution is 0.0997. The lowest BCUT2D eigenvalue weighted by Gasteiger charge is -2.10. The van der Waals surface area contributed by atoms with Gasteiger partial charge in [-0.05, 0) is 68.7 Å². The molecule has 29 heavy (non-hydrogen) atoms. The van der Waals surface area contributed by atoms with Gasteiger partial charge in [-0.25, -0.2) is 0 Å². The SMILES string of the molecule is CCn1c(-c2ccc(C)c(C)c2)c(C)sc1=NC(=O)c1ccc(OC)c(OC)c1. The highest BCUT2D eigenvalue weighted by Crippen LogP contribution is 2.29. The summed E-state index contributed by atoms with van der Waals surface area (Å²) in [5.74, 6) is 0.785. The fourth-order valence-corrected chi connectivity index (χ4v) is 4.33. The monoisotopic (exact) mass is 410 g/mol. The largest absolute Gasteiger partial charge is 0.493 e. The number of hydrogen-bond donors (Lipinski definition) is 0. The molecule has 0 aliphatic carbocycles. The molecule has 0 fully saturated rings. The second-order valence-electron chi connectivity index (χ2n) is 6.82. The molecule has 0 saturated carbocycles. The maximum Gasteiger partial charge on any atom is 0.279 e. The Kier molecular flexibility index (Phi) is 6.23. The van der Waals surface area contributed by atoms with Gasteiger partial charge in [0.05, 0.1) is 19.9 Å². The van der Waals surface area contributed by atoms with Gasteiger partial charge >= 0.3 is 0 Å². The van der Waals surface area contributed by atoms with E-state index in [4.69, 9.17) is 9.47 Å². The number of amides is 1. The van der Waals surface area contributed by atoms with Gasteiger partial charge in [-0.15, -0.1) is 11.3 Å². The Hall–Kier alpha value is -2.86. The minimum atomic E-state index is -0.305. The van der Waals surface area contributed by atoms with Gasteiger partial charge in [0, 0.05) is 17.0 Å². The topological polar surface area (TPSA) is 52.8 Å². The summed E-state index contributed by atoms with van der Waals surface area (Å²) in [4.78, 5) is 19.1. The third-order valence-electron chi connectivity index (χ3n) is 5.00. The van der Waals surface area contributed by atoms with Crippen LogP contribution in [0.5, 0.6) is 11.5 Å². The first-order chi connectivity index (χ1) is 13.9. The predicted octanol–water partition coefficient (Wildman–Crippen LogP) is 4.92. The number of rotatable bonds is 5. The zero-order chi connectivity index (χ0) is 21.1. The second-order valence-corrected chi connectivity index (χ2v) is 8.00. The molecular formula is C23H26N2O3S. The van der Waals surface area contributed by atoms with Crippen LogP contribution in [-0.4, -0.2) is 24.7 Å². The average Bonchev–Trinajstić information content (AvgIpc) is 3.04. The first-order valence-electron chi connectivity index (χ1n) is 9.48. The van der Waals surface area contributed by atoms with Crippen molar-refractivity contribution in [1.82, 2.24) is 4.57 Å². The quantitative estimate of drug-likeness (QED) is 0.600. The third-order valence-corrected chi connectivity index (χ3v) is 6.00. The van der Waals surface area contributed by atoms with Gasteiger partial charge in [0.15, 0.2) is 16.3 Å². The van der Waals surface area contributed by atoms with Crippen molar-refractivity contribution in [2.24, 2.45) is 4.99 Å². The van der Waals surface area contributed by atoms with E-state index in [2.05, 4.69) is 55.5 Å². The molecule has 0 bridgehead atoms. The molecule has 1 amide bonds. The van der Waals surface area contributed by atoms with E-state index in [1.165, 1.54) is 22.5 Å². The average molecular weight is 411 g/mol. The zero-order valence-corrected chi connectivity index (χ0v) is 18.5. The van der Waals surface area contributed by atoms with Crippen LogP contribution in [-0.2, 0) is 6.54 Å². The molecule has 6 heteroatoms. The molecule has 3 aromatic rings. The van der Waals surface area contributed by atoms with Crippen LogP contribution in [0, 0.1) is 20.8 Å². The molecule has 0 N–H and O–H groups in total. The van der Waals surface area contributed by atoms with Gasteiger partial charge in [0.2, 0.25) is 0 Å². The maximum absolute atomic E-state index is 12.8. The van der Waals surface area contributed by atoms with Crippen LogP contribution in [0.4, 0.5) is 0 Å². The van der Waals surface area contributed by atoms with E-state index in [9.17, 15) is 4.79 Å². The summed E-state index contributed by atoms with van der Waals surface area (Å²) in [5, 5.41) is 0. The van der Waals surface area contributed by atoms with Crippen molar-refractivity contribution >= 4 is 17.2 Å². The highest BCUT2D eigenvalue weighted by atomic mass is 32.1. The number of methoxy groups -OCH3 is 2. The molecule has 0 radical (unpaired) electrons. The van der Waals surface area contributed by atoms with Crippen molar-refractivity contribution in [2.75, 3.05) is 14.2 Å². The summed E-state index contributed by atoms with van der Waals surface area (Å²) >= 11 is 1.53.